The SMILES string of the molecule is Cc1cc(C)c(-n2cc3c(=O)[nH]c(CN4CCOCC4)nc3n2)c(O)c1. The first kappa shape index (κ1) is 16.7. The van der Waals surface area contributed by atoms with E-state index in [0.29, 0.717) is 42.3 Å². The van der Waals surface area contributed by atoms with E-state index in [4.69, 9.17) is 4.74 Å². The van der Waals surface area contributed by atoms with Crippen molar-refractivity contribution in [3.63, 3.8) is 0 Å². The maximum absolute atomic E-state index is 12.5. The quantitative estimate of drug-likeness (QED) is 0.734. The Bertz CT molecular complexity index is 994. The van der Waals surface area contributed by atoms with Gasteiger partial charge in [0.1, 0.15) is 22.6 Å². The second-order valence-corrected chi connectivity index (χ2v) is 6.66. The number of nitrogens with zero attached hydrogens (tertiary/aromatic N) is 4. The first-order chi connectivity index (χ1) is 12.5. The highest BCUT2D eigenvalue weighted by Gasteiger charge is 2.16. The molecule has 4 rings (SSSR count). The van der Waals surface area contributed by atoms with Gasteiger partial charge in [0.25, 0.3) is 5.56 Å². The molecule has 0 bridgehead atoms. The number of aromatic nitrogens is 4. The Morgan fingerprint density at radius 3 is 2.77 bits per heavy atom. The summed E-state index contributed by atoms with van der Waals surface area (Å²) >= 11 is 0. The minimum atomic E-state index is -0.228. The predicted octanol–water partition coefficient (Wildman–Crippen LogP) is 1.26. The highest BCUT2D eigenvalue weighted by Crippen LogP contribution is 2.27. The molecular weight excluding hydrogens is 334 g/mol. The van der Waals surface area contributed by atoms with Crippen LogP contribution in [-0.4, -0.2) is 56.1 Å². The number of rotatable bonds is 3. The zero-order valence-corrected chi connectivity index (χ0v) is 14.8. The average Bonchev–Trinajstić information content (AvgIpc) is 2.99. The average molecular weight is 355 g/mol. The molecule has 1 aromatic carbocycles. The number of morpholine rings is 1. The Morgan fingerprint density at radius 1 is 1.27 bits per heavy atom. The summed E-state index contributed by atoms with van der Waals surface area (Å²) in [6.07, 6.45) is 1.61. The van der Waals surface area contributed by atoms with Crippen LogP contribution >= 0.6 is 0 Å². The molecule has 2 aromatic heterocycles. The van der Waals surface area contributed by atoms with E-state index in [-0.39, 0.29) is 11.3 Å². The molecule has 0 atom stereocenters. The Hall–Kier alpha value is -2.71. The Kier molecular flexibility index (Phi) is 4.21. The molecule has 0 amide bonds. The summed E-state index contributed by atoms with van der Waals surface area (Å²) in [6.45, 7) is 7.37. The molecule has 2 N–H and O–H groups in total. The van der Waals surface area contributed by atoms with Gasteiger partial charge in [0.05, 0.1) is 19.8 Å². The third-order valence-corrected chi connectivity index (χ3v) is 4.57. The van der Waals surface area contributed by atoms with Crippen LogP contribution in [0.15, 0.2) is 23.1 Å². The van der Waals surface area contributed by atoms with Crippen molar-refractivity contribution < 1.29 is 9.84 Å². The van der Waals surface area contributed by atoms with Crippen molar-refractivity contribution >= 4 is 11.0 Å². The number of H-pyrrole nitrogens is 1. The van der Waals surface area contributed by atoms with Gasteiger partial charge in [0.15, 0.2) is 5.65 Å². The second-order valence-electron chi connectivity index (χ2n) is 6.66. The van der Waals surface area contributed by atoms with Gasteiger partial charge in [-0.25, -0.2) is 9.67 Å². The van der Waals surface area contributed by atoms with E-state index < -0.39 is 0 Å². The minimum absolute atomic E-state index is 0.125. The lowest BCUT2D eigenvalue weighted by Crippen LogP contribution is -2.36. The standard InChI is InChI=1S/C18H21N5O3/c1-11-7-12(2)16(14(24)8-11)23-9-13-17(21-23)19-15(20-18(13)25)10-22-3-5-26-6-4-22/h7-9,24H,3-6,10H2,1-2H3,(H,19,20,21,25). The fourth-order valence-electron chi connectivity index (χ4n) is 3.36. The van der Waals surface area contributed by atoms with Crippen LogP contribution in [0.3, 0.4) is 0 Å². The molecule has 8 heteroatoms. The predicted molar refractivity (Wildman–Crippen MR) is 96.7 cm³/mol. The number of benzene rings is 1. The largest absolute Gasteiger partial charge is 0.506 e. The van der Waals surface area contributed by atoms with E-state index in [0.717, 1.165) is 24.2 Å². The summed E-state index contributed by atoms with van der Waals surface area (Å²) in [5.41, 5.74) is 2.54. The van der Waals surface area contributed by atoms with Gasteiger partial charge >= 0.3 is 0 Å². The van der Waals surface area contributed by atoms with E-state index in [2.05, 4.69) is 20.0 Å². The van der Waals surface area contributed by atoms with Gasteiger partial charge < -0.3 is 14.8 Å². The van der Waals surface area contributed by atoms with Gasteiger partial charge in [-0.2, -0.15) is 0 Å². The molecule has 136 valence electrons. The van der Waals surface area contributed by atoms with Crippen LogP contribution in [0.5, 0.6) is 5.75 Å². The summed E-state index contributed by atoms with van der Waals surface area (Å²) in [6, 6.07) is 3.64. The van der Waals surface area contributed by atoms with Crippen LogP contribution in [0.1, 0.15) is 17.0 Å². The molecule has 26 heavy (non-hydrogen) atoms. The van der Waals surface area contributed by atoms with E-state index in [1.165, 1.54) is 4.68 Å². The van der Waals surface area contributed by atoms with Crippen molar-refractivity contribution in [3.05, 3.63) is 45.6 Å². The molecule has 1 saturated heterocycles. The number of aryl methyl sites for hydroxylation is 2. The molecule has 0 unspecified atom stereocenters. The molecule has 0 radical (unpaired) electrons. The lowest BCUT2D eigenvalue weighted by molar-refractivity contribution is 0.0331. The van der Waals surface area contributed by atoms with Crippen molar-refractivity contribution in [3.8, 4) is 11.4 Å². The van der Waals surface area contributed by atoms with Crippen LogP contribution in [0.25, 0.3) is 16.7 Å². The topological polar surface area (TPSA) is 96.3 Å². The highest BCUT2D eigenvalue weighted by atomic mass is 16.5. The molecule has 1 aliphatic heterocycles. The van der Waals surface area contributed by atoms with Crippen molar-refractivity contribution in [1.29, 1.82) is 0 Å². The minimum Gasteiger partial charge on any atom is -0.506 e. The number of hydrogen-bond acceptors (Lipinski definition) is 6. The summed E-state index contributed by atoms with van der Waals surface area (Å²) < 4.78 is 6.86. The van der Waals surface area contributed by atoms with Gasteiger partial charge in [-0.05, 0) is 31.0 Å². The van der Waals surface area contributed by atoms with Crippen LogP contribution in [-0.2, 0) is 11.3 Å². The molecule has 3 aromatic rings. The summed E-state index contributed by atoms with van der Waals surface area (Å²) in [4.78, 5) is 22.0. The first-order valence-electron chi connectivity index (χ1n) is 8.60. The highest BCUT2D eigenvalue weighted by molar-refractivity contribution is 5.74. The van der Waals surface area contributed by atoms with E-state index >= 15 is 0 Å². The molecule has 0 saturated carbocycles. The first-order valence-corrected chi connectivity index (χ1v) is 8.60. The van der Waals surface area contributed by atoms with Gasteiger partial charge in [0.2, 0.25) is 0 Å². The van der Waals surface area contributed by atoms with Crippen molar-refractivity contribution in [2.24, 2.45) is 0 Å². The van der Waals surface area contributed by atoms with Gasteiger partial charge in [0, 0.05) is 19.3 Å². The maximum atomic E-state index is 12.5. The molecule has 0 aliphatic carbocycles. The molecule has 1 aliphatic rings. The summed E-state index contributed by atoms with van der Waals surface area (Å²) in [7, 11) is 0. The molecule has 1 fully saturated rings. The van der Waals surface area contributed by atoms with Crippen LogP contribution in [0, 0.1) is 13.8 Å². The molecular formula is C18H21N5O3. The lowest BCUT2D eigenvalue weighted by atomic mass is 10.1. The van der Waals surface area contributed by atoms with Gasteiger partial charge in [-0.15, -0.1) is 5.10 Å². The van der Waals surface area contributed by atoms with E-state index in [1.807, 2.05) is 19.9 Å². The maximum Gasteiger partial charge on any atom is 0.262 e. The number of fused-ring (bicyclic) bond motifs is 1. The number of phenolic OH excluding ortho intramolecular Hbond substituents is 1. The van der Waals surface area contributed by atoms with Crippen LogP contribution < -0.4 is 5.56 Å². The molecule has 3 heterocycles. The Morgan fingerprint density at radius 2 is 2.04 bits per heavy atom. The zero-order valence-electron chi connectivity index (χ0n) is 14.8. The normalized spacial score (nSPS) is 15.6. The van der Waals surface area contributed by atoms with E-state index in [9.17, 15) is 9.90 Å². The van der Waals surface area contributed by atoms with Crippen molar-refractivity contribution in [2.75, 3.05) is 26.3 Å². The number of ether oxygens (including phenoxy) is 1. The second kappa shape index (κ2) is 6.54. The summed E-state index contributed by atoms with van der Waals surface area (Å²) in [5.74, 6) is 0.708. The smallest absolute Gasteiger partial charge is 0.262 e. The Labute approximate surface area is 150 Å². The summed E-state index contributed by atoms with van der Waals surface area (Å²) in [5, 5.41) is 15.1. The van der Waals surface area contributed by atoms with E-state index in [1.54, 1.807) is 12.3 Å². The van der Waals surface area contributed by atoms with Crippen LogP contribution in [0.2, 0.25) is 0 Å². The van der Waals surface area contributed by atoms with Crippen LogP contribution in [0.4, 0.5) is 0 Å². The number of hydrogen-bond donors (Lipinski definition) is 2. The number of phenols is 1. The monoisotopic (exact) mass is 355 g/mol. The number of aromatic amines is 1. The fourth-order valence-corrected chi connectivity index (χ4v) is 3.36. The Balaban J connectivity index is 1.73. The third-order valence-electron chi connectivity index (χ3n) is 4.57. The molecule has 0 spiro atoms. The number of aromatic hydroxyl groups is 1. The van der Waals surface area contributed by atoms with Gasteiger partial charge in [-0.1, -0.05) is 6.07 Å². The zero-order chi connectivity index (χ0) is 18.3. The third kappa shape index (κ3) is 3.09. The van der Waals surface area contributed by atoms with Crippen molar-refractivity contribution in [2.45, 2.75) is 20.4 Å². The molecule has 8 nitrogen and oxygen atoms in total. The number of nitrogens with one attached hydrogen (secondary N) is 1. The lowest BCUT2D eigenvalue weighted by Gasteiger charge is -2.25. The van der Waals surface area contributed by atoms with Gasteiger partial charge in [-0.3, -0.25) is 9.69 Å². The fraction of sp³-hybridized carbons (Fsp3) is 0.389. The van der Waals surface area contributed by atoms with Crippen molar-refractivity contribution in [1.82, 2.24) is 24.6 Å².